The van der Waals surface area contributed by atoms with E-state index in [2.05, 4.69) is 0 Å². The highest BCUT2D eigenvalue weighted by molar-refractivity contribution is 6.34. The lowest BCUT2D eigenvalue weighted by molar-refractivity contribution is 0.392. The zero-order valence-corrected chi connectivity index (χ0v) is 25.4. The SMILES string of the molecule is COc1cccc(OC)c1C1=NC2=NC(c3c(OC)cccc3OC)=NC3=NC(N(c4ccccc4)c4ccccc4)=NC(=N1)N23. The Balaban J connectivity index is 1.49. The van der Waals surface area contributed by atoms with Crippen LogP contribution < -0.4 is 23.8 Å². The molecule has 3 heterocycles. The fraction of sp³-hybridized carbons (Fsp3) is 0.118. The van der Waals surface area contributed by atoms with Crippen LogP contribution in [0.4, 0.5) is 11.4 Å². The minimum Gasteiger partial charge on any atom is -0.496 e. The number of anilines is 2. The monoisotopic (exact) mass is 612 g/mol. The summed E-state index contributed by atoms with van der Waals surface area (Å²) >= 11 is 0. The molecule has 0 fully saturated rings. The molecule has 228 valence electrons. The first kappa shape index (κ1) is 28.5. The average molecular weight is 613 g/mol. The van der Waals surface area contributed by atoms with Crippen LogP contribution in [-0.2, 0) is 0 Å². The highest BCUT2D eigenvalue weighted by atomic mass is 16.5. The van der Waals surface area contributed by atoms with Crippen molar-refractivity contribution in [3.8, 4) is 23.0 Å². The zero-order chi connectivity index (χ0) is 31.6. The van der Waals surface area contributed by atoms with Crippen LogP contribution in [0.25, 0.3) is 0 Å². The molecule has 0 saturated carbocycles. The van der Waals surface area contributed by atoms with Crippen molar-refractivity contribution in [1.29, 1.82) is 0 Å². The summed E-state index contributed by atoms with van der Waals surface area (Å²) in [5.41, 5.74) is 2.79. The summed E-state index contributed by atoms with van der Waals surface area (Å²) in [6.07, 6.45) is 0. The van der Waals surface area contributed by atoms with Gasteiger partial charge in [0.2, 0.25) is 23.8 Å². The van der Waals surface area contributed by atoms with Crippen LogP contribution in [0.1, 0.15) is 11.1 Å². The van der Waals surface area contributed by atoms with E-state index < -0.39 is 0 Å². The van der Waals surface area contributed by atoms with Crippen molar-refractivity contribution in [3.05, 3.63) is 108 Å². The van der Waals surface area contributed by atoms with Crippen molar-refractivity contribution in [3.63, 3.8) is 0 Å². The van der Waals surface area contributed by atoms with Crippen LogP contribution in [0.15, 0.2) is 127 Å². The lowest BCUT2D eigenvalue weighted by Crippen LogP contribution is -2.49. The Labute approximate surface area is 265 Å². The summed E-state index contributed by atoms with van der Waals surface area (Å²) < 4.78 is 22.8. The van der Waals surface area contributed by atoms with Crippen molar-refractivity contribution >= 4 is 46.9 Å². The quantitative estimate of drug-likeness (QED) is 0.259. The maximum Gasteiger partial charge on any atom is 0.244 e. The molecule has 0 amide bonds. The number of aliphatic imine (C=N–C) groups is 6. The fourth-order valence-corrected chi connectivity index (χ4v) is 5.28. The second-order valence-electron chi connectivity index (χ2n) is 9.94. The molecule has 0 aliphatic carbocycles. The number of para-hydroxylation sites is 2. The molecular weight excluding hydrogens is 584 g/mol. The Morgan fingerprint density at radius 3 is 1.24 bits per heavy atom. The highest BCUT2D eigenvalue weighted by Crippen LogP contribution is 2.35. The third-order valence-corrected chi connectivity index (χ3v) is 7.36. The molecule has 0 aromatic heterocycles. The second-order valence-corrected chi connectivity index (χ2v) is 9.94. The third-order valence-electron chi connectivity index (χ3n) is 7.36. The van der Waals surface area contributed by atoms with E-state index in [0.29, 0.717) is 51.8 Å². The first-order valence-electron chi connectivity index (χ1n) is 14.3. The molecule has 0 N–H and O–H groups in total. The standard InChI is InChI=1S/C34H28N8O4/c1-43-23-17-11-18-24(44-2)27(23)29-35-31-36-30(28-25(45-3)19-12-20-26(28)46-4)38-33-40-34(39-32(37-29)42(31)33)41(21-13-7-5-8-14-21)22-15-9-6-10-16-22/h5-20H,1-4H3. The first-order chi connectivity index (χ1) is 22.6. The maximum absolute atomic E-state index is 5.70. The third kappa shape index (κ3) is 4.91. The summed E-state index contributed by atoms with van der Waals surface area (Å²) in [4.78, 5) is 33.0. The Morgan fingerprint density at radius 2 is 0.826 bits per heavy atom. The number of guanidine groups is 4. The van der Waals surface area contributed by atoms with Gasteiger partial charge in [0.25, 0.3) is 0 Å². The van der Waals surface area contributed by atoms with Crippen LogP contribution in [0.3, 0.4) is 0 Å². The minimum atomic E-state index is 0.249. The number of ether oxygens (including phenoxy) is 4. The lowest BCUT2D eigenvalue weighted by atomic mass is 10.1. The Kier molecular flexibility index (Phi) is 7.43. The predicted octanol–water partition coefficient (Wildman–Crippen LogP) is 5.52. The molecule has 3 aliphatic rings. The first-order valence-corrected chi connectivity index (χ1v) is 14.3. The van der Waals surface area contributed by atoms with Gasteiger partial charge in [-0.05, 0) is 48.5 Å². The smallest absolute Gasteiger partial charge is 0.244 e. The van der Waals surface area contributed by atoms with Gasteiger partial charge in [0.05, 0.1) is 28.4 Å². The summed E-state index contributed by atoms with van der Waals surface area (Å²) in [5, 5.41) is 0. The van der Waals surface area contributed by atoms with Crippen molar-refractivity contribution in [2.75, 3.05) is 33.3 Å². The number of benzene rings is 4. The fourth-order valence-electron chi connectivity index (χ4n) is 5.28. The molecule has 0 radical (unpaired) electrons. The zero-order valence-electron chi connectivity index (χ0n) is 25.4. The van der Waals surface area contributed by atoms with E-state index in [9.17, 15) is 0 Å². The number of amidine groups is 2. The number of hydrogen-bond acceptors (Lipinski definition) is 12. The Morgan fingerprint density at radius 1 is 0.435 bits per heavy atom. The van der Waals surface area contributed by atoms with Gasteiger partial charge in [0, 0.05) is 11.4 Å². The van der Waals surface area contributed by atoms with Gasteiger partial charge in [-0.2, -0.15) is 30.0 Å². The van der Waals surface area contributed by atoms with E-state index in [1.807, 2.05) is 102 Å². The van der Waals surface area contributed by atoms with Crippen molar-refractivity contribution in [2.24, 2.45) is 30.0 Å². The molecule has 0 saturated heterocycles. The molecule has 12 nitrogen and oxygen atoms in total. The molecule has 3 aliphatic heterocycles. The van der Waals surface area contributed by atoms with Crippen molar-refractivity contribution in [1.82, 2.24) is 4.90 Å². The normalized spacial score (nSPS) is 14.8. The molecule has 7 rings (SSSR count). The van der Waals surface area contributed by atoms with Gasteiger partial charge in [-0.25, -0.2) is 4.90 Å². The van der Waals surface area contributed by atoms with Crippen LogP contribution in [0, 0.1) is 0 Å². The summed E-state index contributed by atoms with van der Waals surface area (Å²) in [6.45, 7) is 0. The molecule has 12 heteroatoms. The molecule has 4 aromatic rings. The van der Waals surface area contributed by atoms with Gasteiger partial charge < -0.3 is 18.9 Å². The molecule has 4 aromatic carbocycles. The maximum atomic E-state index is 5.70. The summed E-state index contributed by atoms with van der Waals surface area (Å²) in [6, 6.07) is 30.6. The van der Waals surface area contributed by atoms with Crippen LogP contribution in [0.5, 0.6) is 23.0 Å². The van der Waals surface area contributed by atoms with Gasteiger partial charge in [0.1, 0.15) is 34.1 Å². The van der Waals surface area contributed by atoms with Crippen molar-refractivity contribution in [2.45, 2.75) is 0 Å². The predicted molar refractivity (Wildman–Crippen MR) is 179 cm³/mol. The molecule has 0 unspecified atom stereocenters. The van der Waals surface area contributed by atoms with E-state index in [1.165, 1.54) is 0 Å². The summed E-state index contributed by atoms with van der Waals surface area (Å²) in [5.74, 6) is 3.81. The molecule has 46 heavy (non-hydrogen) atoms. The van der Waals surface area contributed by atoms with Gasteiger partial charge >= 0.3 is 0 Å². The van der Waals surface area contributed by atoms with Gasteiger partial charge in [-0.3, -0.25) is 4.90 Å². The number of hydrogen-bond donors (Lipinski definition) is 0. The van der Waals surface area contributed by atoms with E-state index in [0.717, 1.165) is 11.4 Å². The lowest BCUT2D eigenvalue weighted by Gasteiger charge is -2.33. The minimum absolute atomic E-state index is 0.249. The number of methoxy groups -OCH3 is 4. The van der Waals surface area contributed by atoms with E-state index in [4.69, 9.17) is 48.9 Å². The van der Waals surface area contributed by atoms with Gasteiger partial charge in [-0.1, -0.05) is 48.5 Å². The molecular formula is C34H28N8O4. The van der Waals surface area contributed by atoms with Gasteiger partial charge in [-0.15, -0.1) is 0 Å². The number of rotatable bonds is 8. The molecule has 0 bridgehead atoms. The average Bonchev–Trinajstić information content (AvgIpc) is 3.11. The van der Waals surface area contributed by atoms with Crippen LogP contribution >= 0.6 is 0 Å². The van der Waals surface area contributed by atoms with Crippen LogP contribution in [0.2, 0.25) is 0 Å². The number of nitrogens with zero attached hydrogens (tertiary/aromatic N) is 8. The van der Waals surface area contributed by atoms with E-state index in [1.54, 1.807) is 33.3 Å². The topological polar surface area (TPSA) is 118 Å². The van der Waals surface area contributed by atoms with E-state index >= 15 is 0 Å². The Bertz CT molecular complexity index is 1860. The molecule has 0 spiro atoms. The van der Waals surface area contributed by atoms with Gasteiger partial charge in [0.15, 0.2) is 11.7 Å². The van der Waals surface area contributed by atoms with E-state index in [-0.39, 0.29) is 17.9 Å². The Hall–Kier alpha value is -6.30. The molecule has 0 atom stereocenters. The highest BCUT2D eigenvalue weighted by Gasteiger charge is 2.38. The van der Waals surface area contributed by atoms with Crippen LogP contribution in [-0.4, -0.2) is 68.8 Å². The summed E-state index contributed by atoms with van der Waals surface area (Å²) in [7, 11) is 6.32. The second kappa shape index (κ2) is 12.0. The van der Waals surface area contributed by atoms with Crippen molar-refractivity contribution < 1.29 is 18.9 Å². The largest absolute Gasteiger partial charge is 0.496 e.